The lowest BCUT2D eigenvalue weighted by atomic mass is 9.93. The van der Waals surface area contributed by atoms with Crippen LogP contribution in [0.15, 0.2) is 41.3 Å². The van der Waals surface area contributed by atoms with E-state index in [0.29, 0.717) is 0 Å². The van der Waals surface area contributed by atoms with E-state index in [1.807, 2.05) is 23.6 Å². The molecule has 1 aliphatic rings. The van der Waals surface area contributed by atoms with Gasteiger partial charge in [-0.3, -0.25) is 0 Å². The minimum Gasteiger partial charge on any atom is -0.166 e. The number of allylic oxidation sites excluding steroid dienone is 4. The smallest absolute Gasteiger partial charge is 0.166 e. The zero-order valence-electron chi connectivity index (χ0n) is 7.79. The molecule has 0 amide bonds. The van der Waals surface area contributed by atoms with Crippen molar-refractivity contribution in [1.29, 1.82) is 0 Å². The van der Waals surface area contributed by atoms with Crippen LogP contribution >= 0.6 is 11.3 Å². The van der Waals surface area contributed by atoms with E-state index < -0.39 is 11.7 Å². The van der Waals surface area contributed by atoms with Crippen molar-refractivity contribution in [2.24, 2.45) is 0 Å². The molecule has 80 valence electrons. The second-order valence-corrected chi connectivity index (χ2v) is 4.38. The molecule has 15 heavy (non-hydrogen) atoms. The van der Waals surface area contributed by atoms with Crippen LogP contribution in [0.1, 0.15) is 17.2 Å². The van der Waals surface area contributed by atoms with E-state index in [2.05, 4.69) is 0 Å². The Balaban J connectivity index is 2.17. The molecule has 0 aliphatic heterocycles. The van der Waals surface area contributed by atoms with Gasteiger partial charge in [-0.25, -0.2) is 0 Å². The van der Waals surface area contributed by atoms with Crippen LogP contribution in [0, 0.1) is 0 Å². The Morgan fingerprint density at radius 3 is 2.73 bits per heavy atom. The zero-order valence-corrected chi connectivity index (χ0v) is 8.61. The van der Waals surface area contributed by atoms with Crippen molar-refractivity contribution in [3.8, 4) is 0 Å². The first-order valence-electron chi connectivity index (χ1n) is 4.55. The van der Waals surface area contributed by atoms with E-state index >= 15 is 0 Å². The molecule has 0 nitrogen and oxygen atoms in total. The van der Waals surface area contributed by atoms with Crippen molar-refractivity contribution in [3.63, 3.8) is 0 Å². The Morgan fingerprint density at radius 1 is 1.33 bits per heavy atom. The van der Waals surface area contributed by atoms with E-state index in [9.17, 15) is 13.2 Å². The summed E-state index contributed by atoms with van der Waals surface area (Å²) >= 11 is 1.50. The SMILES string of the molecule is FC(F)(F)C1=CC=CC(c2cccs2)C1. The van der Waals surface area contributed by atoms with Gasteiger partial charge in [-0.15, -0.1) is 11.3 Å². The lowest BCUT2D eigenvalue weighted by molar-refractivity contribution is -0.0944. The van der Waals surface area contributed by atoms with Crippen LogP contribution in [-0.4, -0.2) is 6.18 Å². The maximum atomic E-state index is 12.5. The second-order valence-electron chi connectivity index (χ2n) is 3.40. The summed E-state index contributed by atoms with van der Waals surface area (Å²) in [5.41, 5.74) is -0.441. The number of rotatable bonds is 1. The summed E-state index contributed by atoms with van der Waals surface area (Å²) in [5, 5.41) is 1.88. The molecular weight excluding hydrogens is 221 g/mol. The molecule has 0 aromatic carbocycles. The summed E-state index contributed by atoms with van der Waals surface area (Å²) in [6.45, 7) is 0. The first-order chi connectivity index (χ1) is 7.07. The zero-order chi connectivity index (χ0) is 10.9. The van der Waals surface area contributed by atoms with Crippen molar-refractivity contribution < 1.29 is 13.2 Å². The van der Waals surface area contributed by atoms with Crippen molar-refractivity contribution >= 4 is 11.3 Å². The molecule has 0 spiro atoms. The monoisotopic (exact) mass is 230 g/mol. The molecular formula is C11H9F3S. The standard InChI is InChI=1S/C11H9F3S/c12-11(13,14)9-4-1-3-8(7-9)10-5-2-6-15-10/h1-6,8H,7H2. The van der Waals surface area contributed by atoms with Crippen molar-refractivity contribution in [2.75, 3.05) is 0 Å². The van der Waals surface area contributed by atoms with Crippen LogP contribution in [0.4, 0.5) is 13.2 Å². The molecule has 0 fully saturated rings. The third-order valence-electron chi connectivity index (χ3n) is 2.35. The van der Waals surface area contributed by atoms with Gasteiger partial charge in [0.2, 0.25) is 0 Å². The number of hydrogen-bond acceptors (Lipinski definition) is 1. The molecule has 0 bridgehead atoms. The van der Waals surface area contributed by atoms with Gasteiger partial charge in [0.15, 0.2) is 0 Å². The maximum absolute atomic E-state index is 12.5. The molecule has 1 heterocycles. The van der Waals surface area contributed by atoms with Gasteiger partial charge in [-0.2, -0.15) is 13.2 Å². The van der Waals surface area contributed by atoms with Gasteiger partial charge in [0.1, 0.15) is 0 Å². The molecule has 0 saturated carbocycles. The third kappa shape index (κ3) is 2.31. The number of thiophene rings is 1. The average molecular weight is 230 g/mol. The predicted molar refractivity (Wildman–Crippen MR) is 55.0 cm³/mol. The summed E-state index contributed by atoms with van der Waals surface area (Å²) in [7, 11) is 0. The minimum atomic E-state index is -4.19. The van der Waals surface area contributed by atoms with Gasteiger partial charge in [0.05, 0.1) is 0 Å². The molecule has 0 radical (unpaired) electrons. The average Bonchev–Trinajstić information content (AvgIpc) is 2.69. The van der Waals surface area contributed by atoms with Crippen LogP contribution in [0.5, 0.6) is 0 Å². The van der Waals surface area contributed by atoms with Crippen LogP contribution < -0.4 is 0 Å². The summed E-state index contributed by atoms with van der Waals surface area (Å²) in [6.07, 6.45) is 0.336. The Morgan fingerprint density at radius 2 is 2.13 bits per heavy atom. The van der Waals surface area contributed by atoms with Gasteiger partial charge >= 0.3 is 6.18 Å². The van der Waals surface area contributed by atoms with Gasteiger partial charge in [0, 0.05) is 16.4 Å². The molecule has 1 aromatic rings. The van der Waals surface area contributed by atoms with Gasteiger partial charge in [-0.1, -0.05) is 24.3 Å². The van der Waals surface area contributed by atoms with Crippen LogP contribution in [0.2, 0.25) is 0 Å². The molecule has 1 atom stereocenters. The quantitative estimate of drug-likeness (QED) is 0.675. The fourth-order valence-corrected chi connectivity index (χ4v) is 2.39. The maximum Gasteiger partial charge on any atom is 0.412 e. The van der Waals surface area contributed by atoms with Gasteiger partial charge < -0.3 is 0 Å². The fourth-order valence-electron chi connectivity index (χ4n) is 1.59. The second kappa shape index (κ2) is 3.85. The Kier molecular flexibility index (Phi) is 2.69. The molecule has 2 rings (SSSR count). The predicted octanol–water partition coefficient (Wildman–Crippen LogP) is 4.28. The molecule has 0 N–H and O–H groups in total. The van der Waals surface area contributed by atoms with Crippen LogP contribution in [-0.2, 0) is 0 Å². The van der Waals surface area contributed by atoms with E-state index in [0.717, 1.165) is 11.0 Å². The van der Waals surface area contributed by atoms with Crippen LogP contribution in [0.25, 0.3) is 0 Å². The molecule has 1 aromatic heterocycles. The van der Waals surface area contributed by atoms with Gasteiger partial charge in [-0.05, 0) is 17.9 Å². The number of alkyl halides is 3. The largest absolute Gasteiger partial charge is 0.412 e. The summed E-state index contributed by atoms with van der Waals surface area (Å²) in [5.74, 6) is -0.119. The topological polar surface area (TPSA) is 0 Å². The van der Waals surface area contributed by atoms with Crippen molar-refractivity contribution in [1.82, 2.24) is 0 Å². The molecule has 1 aliphatic carbocycles. The lowest BCUT2D eigenvalue weighted by Gasteiger charge is -2.19. The van der Waals surface area contributed by atoms with Gasteiger partial charge in [0.25, 0.3) is 0 Å². The fraction of sp³-hybridized carbons (Fsp3) is 0.273. The van der Waals surface area contributed by atoms with Crippen molar-refractivity contribution in [2.45, 2.75) is 18.5 Å². The van der Waals surface area contributed by atoms with E-state index in [1.165, 1.54) is 17.4 Å². The Labute approximate surface area is 89.7 Å². The first-order valence-corrected chi connectivity index (χ1v) is 5.43. The molecule has 4 heteroatoms. The minimum absolute atomic E-state index is 0.0561. The highest BCUT2D eigenvalue weighted by atomic mass is 32.1. The molecule has 1 unspecified atom stereocenters. The van der Waals surface area contributed by atoms with Crippen molar-refractivity contribution in [3.05, 3.63) is 46.2 Å². The third-order valence-corrected chi connectivity index (χ3v) is 3.36. The van der Waals surface area contributed by atoms with E-state index in [4.69, 9.17) is 0 Å². The highest BCUT2D eigenvalue weighted by Gasteiger charge is 2.35. The normalized spacial score (nSPS) is 21.5. The summed E-state index contributed by atoms with van der Waals surface area (Å²) < 4.78 is 37.4. The summed E-state index contributed by atoms with van der Waals surface area (Å²) in [4.78, 5) is 0.987. The van der Waals surface area contributed by atoms with E-state index in [1.54, 1.807) is 0 Å². The van der Waals surface area contributed by atoms with Crippen LogP contribution in [0.3, 0.4) is 0 Å². The first kappa shape index (κ1) is 10.5. The summed E-state index contributed by atoms with van der Waals surface area (Å²) in [6, 6.07) is 3.73. The highest BCUT2D eigenvalue weighted by Crippen LogP contribution is 2.38. The lowest BCUT2D eigenvalue weighted by Crippen LogP contribution is -2.15. The number of halogens is 3. The number of hydrogen-bond donors (Lipinski definition) is 0. The highest BCUT2D eigenvalue weighted by molar-refractivity contribution is 7.10. The Bertz CT molecular complexity index is 384. The Hall–Kier alpha value is -1.03. The molecule has 0 saturated heterocycles. The van der Waals surface area contributed by atoms with E-state index in [-0.39, 0.29) is 12.3 Å².